The molecule has 27 heavy (non-hydrogen) atoms. The van der Waals surface area contributed by atoms with Gasteiger partial charge in [0.2, 0.25) is 0 Å². The van der Waals surface area contributed by atoms with Crippen LogP contribution in [0.2, 0.25) is 0 Å². The zero-order valence-corrected chi connectivity index (χ0v) is 16.0. The Bertz CT molecular complexity index is 919. The van der Waals surface area contributed by atoms with Crippen LogP contribution < -0.4 is 0 Å². The van der Waals surface area contributed by atoms with Crippen molar-refractivity contribution in [2.24, 2.45) is 0 Å². The molecule has 0 fully saturated rings. The Morgan fingerprint density at radius 2 is 0.778 bits per heavy atom. The van der Waals surface area contributed by atoms with Crippen LogP contribution in [0.5, 0.6) is 0 Å². The van der Waals surface area contributed by atoms with Crippen molar-refractivity contribution in [1.82, 2.24) is 0 Å². The van der Waals surface area contributed by atoms with Crippen molar-refractivity contribution < 1.29 is 0 Å². The van der Waals surface area contributed by atoms with Crippen LogP contribution in [0.3, 0.4) is 0 Å². The van der Waals surface area contributed by atoms with Crippen molar-refractivity contribution in [1.29, 1.82) is 0 Å². The second-order valence-electron chi connectivity index (χ2n) is 7.54. The minimum Gasteiger partial charge on any atom is -0.0616 e. The normalized spacial score (nSPS) is 11.3. The predicted octanol–water partition coefficient (Wildman–Crippen LogP) is 7.73. The summed E-state index contributed by atoms with van der Waals surface area (Å²) in [6.45, 7) is 0. The van der Waals surface area contributed by atoms with Crippen LogP contribution in [0, 0.1) is 0 Å². The van der Waals surface area contributed by atoms with Crippen LogP contribution in [0.4, 0.5) is 0 Å². The molecule has 0 heterocycles. The molecule has 0 aliphatic heterocycles. The maximum Gasteiger partial charge on any atom is -0.0152 e. The Kier molecular flexibility index (Phi) is 5.84. The van der Waals surface area contributed by atoms with Crippen molar-refractivity contribution in [2.45, 2.75) is 44.9 Å². The number of aryl methyl sites for hydroxylation is 2. The van der Waals surface area contributed by atoms with Gasteiger partial charge in [-0.15, -0.1) is 0 Å². The van der Waals surface area contributed by atoms with E-state index >= 15 is 0 Å². The van der Waals surface area contributed by atoms with Gasteiger partial charge in [-0.05, 0) is 58.4 Å². The number of hydrogen-bond donors (Lipinski definition) is 0. The lowest BCUT2D eigenvalue weighted by molar-refractivity contribution is 0.615. The largest absolute Gasteiger partial charge is 0.0616 e. The molecule has 0 aromatic heterocycles. The summed E-state index contributed by atoms with van der Waals surface area (Å²) in [5, 5.41) is 5.59. The van der Waals surface area contributed by atoms with Crippen LogP contribution in [0.25, 0.3) is 21.5 Å². The summed E-state index contributed by atoms with van der Waals surface area (Å²) in [4.78, 5) is 0. The van der Waals surface area contributed by atoms with Gasteiger partial charge >= 0.3 is 0 Å². The molecule has 0 aliphatic rings. The fourth-order valence-corrected chi connectivity index (χ4v) is 4.18. The highest BCUT2D eigenvalue weighted by molar-refractivity contribution is 5.86. The van der Waals surface area contributed by atoms with Crippen molar-refractivity contribution in [2.75, 3.05) is 0 Å². The summed E-state index contributed by atoms with van der Waals surface area (Å²) in [5.74, 6) is 0. The average molecular weight is 353 g/mol. The van der Waals surface area contributed by atoms with Crippen molar-refractivity contribution in [3.63, 3.8) is 0 Å². The third-order valence-corrected chi connectivity index (χ3v) is 5.65. The molecular formula is C27H28. The lowest BCUT2D eigenvalue weighted by Crippen LogP contribution is -1.90. The summed E-state index contributed by atoms with van der Waals surface area (Å²) >= 11 is 0. The van der Waals surface area contributed by atoms with Crippen LogP contribution >= 0.6 is 0 Å². The van der Waals surface area contributed by atoms with E-state index in [4.69, 9.17) is 0 Å². The van der Waals surface area contributed by atoms with Gasteiger partial charge in [-0.2, -0.15) is 0 Å². The van der Waals surface area contributed by atoms with Crippen LogP contribution in [0.15, 0.2) is 84.9 Å². The van der Waals surface area contributed by atoms with E-state index in [1.54, 1.807) is 0 Å². The van der Waals surface area contributed by atoms with Gasteiger partial charge in [0.05, 0.1) is 0 Å². The Balaban J connectivity index is 1.22. The molecule has 0 saturated carbocycles. The second-order valence-corrected chi connectivity index (χ2v) is 7.54. The van der Waals surface area contributed by atoms with E-state index in [0.717, 1.165) is 0 Å². The molecule has 0 radical (unpaired) electrons. The molecule has 0 nitrogen and oxygen atoms in total. The molecule has 0 aliphatic carbocycles. The summed E-state index contributed by atoms with van der Waals surface area (Å²) in [5.41, 5.74) is 3.01. The molecule has 4 rings (SSSR count). The van der Waals surface area contributed by atoms with Crippen LogP contribution in [0.1, 0.15) is 43.2 Å². The van der Waals surface area contributed by atoms with Gasteiger partial charge < -0.3 is 0 Å². The van der Waals surface area contributed by atoms with Gasteiger partial charge in [0.25, 0.3) is 0 Å². The maximum atomic E-state index is 2.29. The molecule has 0 amide bonds. The average Bonchev–Trinajstić information content (AvgIpc) is 2.73. The van der Waals surface area contributed by atoms with Crippen molar-refractivity contribution >= 4 is 21.5 Å². The number of benzene rings is 4. The predicted molar refractivity (Wildman–Crippen MR) is 118 cm³/mol. The topological polar surface area (TPSA) is 0 Å². The summed E-state index contributed by atoms with van der Waals surface area (Å²) in [6, 6.07) is 30.9. The molecule has 0 spiro atoms. The maximum absolute atomic E-state index is 2.29. The van der Waals surface area contributed by atoms with Crippen LogP contribution in [-0.2, 0) is 12.8 Å². The first-order valence-electron chi connectivity index (χ1n) is 10.3. The van der Waals surface area contributed by atoms with Gasteiger partial charge in [-0.25, -0.2) is 0 Å². The monoisotopic (exact) mass is 352 g/mol. The van der Waals surface area contributed by atoms with E-state index in [0.29, 0.717) is 0 Å². The fourth-order valence-electron chi connectivity index (χ4n) is 4.18. The summed E-state index contributed by atoms with van der Waals surface area (Å²) in [6.07, 6.45) is 8.99. The Morgan fingerprint density at radius 3 is 1.30 bits per heavy atom. The minimum absolute atomic E-state index is 1.20. The van der Waals surface area contributed by atoms with E-state index < -0.39 is 0 Å². The number of fused-ring (bicyclic) bond motifs is 2. The quantitative estimate of drug-likeness (QED) is 0.285. The molecule has 0 N–H and O–H groups in total. The first-order chi connectivity index (χ1) is 13.4. The molecule has 0 atom stereocenters. The fraction of sp³-hybridized carbons (Fsp3) is 0.259. The van der Waals surface area contributed by atoms with E-state index in [2.05, 4.69) is 84.9 Å². The first kappa shape index (κ1) is 17.8. The van der Waals surface area contributed by atoms with Gasteiger partial charge in [0.15, 0.2) is 0 Å². The second kappa shape index (κ2) is 8.86. The summed E-state index contributed by atoms with van der Waals surface area (Å²) in [7, 11) is 0. The molecule has 4 aromatic carbocycles. The minimum atomic E-state index is 1.20. The Hall–Kier alpha value is -2.60. The Labute approximate surface area is 162 Å². The molecule has 0 unspecified atom stereocenters. The zero-order chi connectivity index (χ0) is 18.3. The molecule has 0 saturated heterocycles. The van der Waals surface area contributed by atoms with Gasteiger partial charge in [0, 0.05) is 0 Å². The lowest BCUT2D eigenvalue weighted by atomic mass is 9.97. The third kappa shape index (κ3) is 4.39. The molecule has 136 valence electrons. The zero-order valence-electron chi connectivity index (χ0n) is 16.0. The summed E-state index contributed by atoms with van der Waals surface area (Å²) < 4.78 is 0. The Morgan fingerprint density at radius 1 is 0.370 bits per heavy atom. The van der Waals surface area contributed by atoms with E-state index in [9.17, 15) is 0 Å². The lowest BCUT2D eigenvalue weighted by Gasteiger charge is -2.08. The van der Waals surface area contributed by atoms with Gasteiger partial charge in [-0.3, -0.25) is 0 Å². The molecule has 0 bridgehead atoms. The van der Waals surface area contributed by atoms with Crippen molar-refractivity contribution in [3.05, 3.63) is 96.1 Å². The molecule has 0 heteroatoms. The number of hydrogen-bond acceptors (Lipinski definition) is 0. The third-order valence-electron chi connectivity index (χ3n) is 5.65. The molecule has 4 aromatic rings. The van der Waals surface area contributed by atoms with E-state index in [-0.39, 0.29) is 0 Å². The van der Waals surface area contributed by atoms with Crippen molar-refractivity contribution in [3.8, 4) is 0 Å². The van der Waals surface area contributed by atoms with E-state index in [1.807, 2.05) is 0 Å². The van der Waals surface area contributed by atoms with Gasteiger partial charge in [-0.1, -0.05) is 104 Å². The van der Waals surface area contributed by atoms with Gasteiger partial charge in [0.1, 0.15) is 0 Å². The molecular weight excluding hydrogens is 324 g/mol. The highest BCUT2D eigenvalue weighted by Crippen LogP contribution is 2.22. The number of rotatable bonds is 8. The highest BCUT2D eigenvalue weighted by Gasteiger charge is 2.02. The van der Waals surface area contributed by atoms with Crippen LogP contribution in [-0.4, -0.2) is 0 Å². The standard InChI is InChI=1S/C27H28/c1(2-4-12-22-16-10-18-24-14-6-8-20-26(22)24)3-5-13-23-17-11-19-25-15-7-9-21-27(23)25/h6-11,14-21H,1-5,12-13H2. The number of unbranched alkanes of at least 4 members (excludes halogenated alkanes) is 4. The highest BCUT2D eigenvalue weighted by atomic mass is 14.1. The van der Waals surface area contributed by atoms with E-state index in [1.165, 1.54) is 77.6 Å². The first-order valence-corrected chi connectivity index (χ1v) is 10.3. The SMILES string of the molecule is c1ccc2c(CCCCCCCc3cccc4ccccc34)cccc2c1. The smallest absolute Gasteiger partial charge is 0.0152 e.